The van der Waals surface area contributed by atoms with Gasteiger partial charge in [-0.2, -0.15) is 0 Å². The molecule has 0 radical (unpaired) electrons. The monoisotopic (exact) mass is 291 g/mol. The van der Waals surface area contributed by atoms with Crippen molar-refractivity contribution in [2.45, 2.75) is 46.5 Å². The van der Waals surface area contributed by atoms with Gasteiger partial charge in [0, 0.05) is 11.4 Å². The summed E-state index contributed by atoms with van der Waals surface area (Å²) in [5.74, 6) is 0.0328. The van der Waals surface area contributed by atoms with E-state index in [4.69, 9.17) is 5.73 Å². The molecule has 0 aliphatic rings. The number of rotatable bonds is 9. The molecular weight excluding hydrogens is 262 g/mol. The number of anilines is 2. The molecule has 0 spiro atoms. The SMILES string of the molecule is CCCCN(CCCC)CC(=O)Nc1ccc(C)c(N)c1. The third kappa shape index (κ3) is 6.63. The van der Waals surface area contributed by atoms with Gasteiger partial charge in [-0.25, -0.2) is 0 Å². The predicted molar refractivity (Wildman–Crippen MR) is 90.5 cm³/mol. The first-order valence-corrected chi connectivity index (χ1v) is 7.95. The van der Waals surface area contributed by atoms with Crippen LogP contribution in [0.25, 0.3) is 0 Å². The van der Waals surface area contributed by atoms with Crippen molar-refractivity contribution in [3.8, 4) is 0 Å². The first-order valence-electron chi connectivity index (χ1n) is 7.95. The minimum Gasteiger partial charge on any atom is -0.398 e. The van der Waals surface area contributed by atoms with Gasteiger partial charge in [-0.15, -0.1) is 0 Å². The summed E-state index contributed by atoms with van der Waals surface area (Å²) in [5, 5.41) is 2.93. The van der Waals surface area contributed by atoms with Crippen molar-refractivity contribution in [2.24, 2.45) is 0 Å². The van der Waals surface area contributed by atoms with Crippen LogP contribution in [0.1, 0.15) is 45.1 Å². The van der Waals surface area contributed by atoms with Gasteiger partial charge in [0.05, 0.1) is 6.54 Å². The summed E-state index contributed by atoms with van der Waals surface area (Å²) in [4.78, 5) is 14.4. The summed E-state index contributed by atoms with van der Waals surface area (Å²) in [5.41, 5.74) is 8.38. The first kappa shape index (κ1) is 17.5. The van der Waals surface area contributed by atoms with E-state index in [1.165, 1.54) is 0 Å². The molecule has 0 saturated carbocycles. The Morgan fingerprint density at radius 2 is 1.81 bits per heavy atom. The standard InChI is InChI=1S/C17H29N3O/c1-4-6-10-20(11-7-5-2)13-17(21)19-15-9-8-14(3)16(18)12-15/h8-9,12H,4-7,10-11,13,18H2,1-3H3,(H,19,21). The molecule has 1 aromatic rings. The second-order valence-electron chi connectivity index (χ2n) is 5.60. The van der Waals surface area contributed by atoms with Crippen LogP contribution in [0.15, 0.2) is 18.2 Å². The minimum absolute atomic E-state index is 0.0328. The van der Waals surface area contributed by atoms with Crippen LogP contribution in [0.4, 0.5) is 11.4 Å². The van der Waals surface area contributed by atoms with Crippen molar-refractivity contribution in [3.63, 3.8) is 0 Å². The lowest BCUT2D eigenvalue weighted by molar-refractivity contribution is -0.117. The lowest BCUT2D eigenvalue weighted by Gasteiger charge is -2.21. The Bertz CT molecular complexity index is 438. The molecule has 1 rings (SSSR count). The van der Waals surface area contributed by atoms with Crippen molar-refractivity contribution in [3.05, 3.63) is 23.8 Å². The van der Waals surface area contributed by atoms with Crippen LogP contribution < -0.4 is 11.1 Å². The zero-order chi connectivity index (χ0) is 15.7. The molecular formula is C17H29N3O. The van der Waals surface area contributed by atoms with Crippen LogP contribution in [0.3, 0.4) is 0 Å². The predicted octanol–water partition coefficient (Wildman–Crippen LogP) is 3.42. The summed E-state index contributed by atoms with van der Waals surface area (Å²) >= 11 is 0. The van der Waals surface area contributed by atoms with Gasteiger partial charge in [0.15, 0.2) is 0 Å². The maximum Gasteiger partial charge on any atom is 0.238 e. The van der Waals surface area contributed by atoms with Crippen molar-refractivity contribution < 1.29 is 4.79 Å². The number of hydrogen-bond donors (Lipinski definition) is 2. The van der Waals surface area contributed by atoms with E-state index in [1.807, 2.05) is 25.1 Å². The van der Waals surface area contributed by atoms with E-state index in [-0.39, 0.29) is 5.91 Å². The molecule has 0 fully saturated rings. The summed E-state index contributed by atoms with van der Waals surface area (Å²) in [7, 11) is 0. The Kier molecular flexibility index (Phi) is 7.83. The highest BCUT2D eigenvalue weighted by Crippen LogP contribution is 2.16. The second-order valence-corrected chi connectivity index (χ2v) is 5.60. The molecule has 4 nitrogen and oxygen atoms in total. The number of benzene rings is 1. The number of carbonyl (C=O) groups is 1. The molecule has 0 atom stereocenters. The topological polar surface area (TPSA) is 58.4 Å². The maximum atomic E-state index is 12.2. The van der Waals surface area contributed by atoms with Gasteiger partial charge in [0.2, 0.25) is 5.91 Å². The molecule has 0 unspecified atom stereocenters. The average Bonchev–Trinajstić information content (AvgIpc) is 2.45. The molecule has 0 aliphatic heterocycles. The first-order chi connectivity index (χ1) is 10.1. The summed E-state index contributed by atoms with van der Waals surface area (Å²) in [6.45, 7) is 8.73. The third-order valence-electron chi connectivity index (χ3n) is 3.59. The molecule has 0 aromatic heterocycles. The molecule has 0 saturated heterocycles. The number of aryl methyl sites for hydroxylation is 1. The largest absolute Gasteiger partial charge is 0.398 e. The van der Waals surface area contributed by atoms with Crippen LogP contribution in [0.2, 0.25) is 0 Å². The molecule has 0 bridgehead atoms. The molecule has 0 heterocycles. The Labute approximate surface area is 128 Å². The number of nitrogens with one attached hydrogen (secondary N) is 1. The Balaban J connectivity index is 2.53. The smallest absolute Gasteiger partial charge is 0.238 e. The van der Waals surface area contributed by atoms with Gasteiger partial charge in [-0.3, -0.25) is 9.69 Å². The van der Waals surface area contributed by atoms with Gasteiger partial charge in [0.1, 0.15) is 0 Å². The molecule has 21 heavy (non-hydrogen) atoms. The highest BCUT2D eigenvalue weighted by atomic mass is 16.2. The summed E-state index contributed by atoms with van der Waals surface area (Å²) in [6.07, 6.45) is 4.57. The number of unbranched alkanes of at least 4 members (excludes halogenated alkanes) is 2. The zero-order valence-electron chi connectivity index (χ0n) is 13.6. The molecule has 1 amide bonds. The third-order valence-corrected chi connectivity index (χ3v) is 3.59. The minimum atomic E-state index is 0.0328. The van der Waals surface area contributed by atoms with Gasteiger partial charge >= 0.3 is 0 Å². The average molecular weight is 291 g/mol. The van der Waals surface area contributed by atoms with E-state index in [2.05, 4.69) is 24.1 Å². The van der Waals surface area contributed by atoms with Gasteiger partial charge in [0.25, 0.3) is 0 Å². The number of hydrogen-bond acceptors (Lipinski definition) is 3. The number of nitrogens with two attached hydrogens (primary N) is 1. The fourth-order valence-electron chi connectivity index (χ4n) is 2.16. The van der Waals surface area contributed by atoms with Crippen molar-refractivity contribution in [1.29, 1.82) is 0 Å². The highest BCUT2D eigenvalue weighted by molar-refractivity contribution is 5.92. The lowest BCUT2D eigenvalue weighted by Crippen LogP contribution is -2.34. The lowest BCUT2D eigenvalue weighted by atomic mass is 10.2. The van der Waals surface area contributed by atoms with Gasteiger partial charge in [-0.1, -0.05) is 32.8 Å². The van der Waals surface area contributed by atoms with E-state index in [0.717, 1.165) is 50.0 Å². The number of nitrogen functional groups attached to an aromatic ring is 1. The fraction of sp³-hybridized carbons (Fsp3) is 0.588. The van der Waals surface area contributed by atoms with Crippen molar-refractivity contribution in [1.82, 2.24) is 4.90 Å². The highest BCUT2D eigenvalue weighted by Gasteiger charge is 2.10. The van der Waals surface area contributed by atoms with Crippen LogP contribution in [-0.4, -0.2) is 30.4 Å². The van der Waals surface area contributed by atoms with Crippen molar-refractivity contribution in [2.75, 3.05) is 30.7 Å². The Morgan fingerprint density at radius 3 is 2.33 bits per heavy atom. The number of amides is 1. The van der Waals surface area contributed by atoms with Crippen LogP contribution >= 0.6 is 0 Å². The van der Waals surface area contributed by atoms with Gasteiger partial charge < -0.3 is 11.1 Å². The normalized spacial score (nSPS) is 10.9. The molecule has 118 valence electrons. The summed E-state index contributed by atoms with van der Waals surface area (Å²) in [6, 6.07) is 5.64. The number of carbonyl (C=O) groups excluding carboxylic acids is 1. The van der Waals surface area contributed by atoms with E-state index >= 15 is 0 Å². The Hall–Kier alpha value is -1.55. The quantitative estimate of drug-likeness (QED) is 0.685. The maximum absolute atomic E-state index is 12.2. The zero-order valence-corrected chi connectivity index (χ0v) is 13.6. The Morgan fingerprint density at radius 1 is 1.19 bits per heavy atom. The van der Waals surface area contributed by atoms with Crippen LogP contribution in [0.5, 0.6) is 0 Å². The van der Waals surface area contributed by atoms with Crippen LogP contribution in [0, 0.1) is 6.92 Å². The van der Waals surface area contributed by atoms with E-state index in [9.17, 15) is 4.79 Å². The fourth-order valence-corrected chi connectivity index (χ4v) is 2.16. The van der Waals surface area contributed by atoms with Crippen molar-refractivity contribution >= 4 is 17.3 Å². The van der Waals surface area contributed by atoms with Crippen LogP contribution in [-0.2, 0) is 4.79 Å². The van der Waals surface area contributed by atoms with E-state index in [1.54, 1.807) is 0 Å². The number of nitrogens with zero attached hydrogens (tertiary/aromatic N) is 1. The molecule has 4 heteroatoms. The van der Waals surface area contributed by atoms with E-state index in [0.29, 0.717) is 12.2 Å². The summed E-state index contributed by atoms with van der Waals surface area (Å²) < 4.78 is 0. The molecule has 1 aromatic carbocycles. The molecule has 0 aliphatic carbocycles. The van der Waals surface area contributed by atoms with Gasteiger partial charge in [-0.05, 0) is 50.6 Å². The molecule has 3 N–H and O–H groups in total. The second kappa shape index (κ2) is 9.40. The van der Waals surface area contributed by atoms with E-state index < -0.39 is 0 Å².